The van der Waals surface area contributed by atoms with E-state index in [4.69, 9.17) is 0 Å². The minimum Gasteiger partial charge on any atom is -0.357 e. The summed E-state index contributed by atoms with van der Waals surface area (Å²) in [6.45, 7) is 0.669. The summed E-state index contributed by atoms with van der Waals surface area (Å²) in [5.41, 5.74) is 2.83. The van der Waals surface area contributed by atoms with Gasteiger partial charge in [0.05, 0.1) is 12.0 Å². The number of nitrogens with zero attached hydrogens (tertiary/aromatic N) is 2. The summed E-state index contributed by atoms with van der Waals surface area (Å²) >= 11 is 0. The zero-order valence-electron chi connectivity index (χ0n) is 16.0. The van der Waals surface area contributed by atoms with E-state index in [9.17, 15) is 14.0 Å². The van der Waals surface area contributed by atoms with Crippen LogP contribution in [0.5, 0.6) is 0 Å². The van der Waals surface area contributed by atoms with Crippen LogP contribution in [0, 0.1) is 5.82 Å². The molecule has 0 atom stereocenters. The Kier molecular flexibility index (Phi) is 5.55. The number of hydrogen-bond acceptors (Lipinski definition) is 3. The van der Waals surface area contributed by atoms with Gasteiger partial charge in [0.25, 0.3) is 11.5 Å². The summed E-state index contributed by atoms with van der Waals surface area (Å²) in [7, 11) is 0. The summed E-state index contributed by atoms with van der Waals surface area (Å²) in [5.74, 6) is -0.162. The third-order valence-electron chi connectivity index (χ3n) is 5.42. The molecule has 1 aromatic carbocycles. The van der Waals surface area contributed by atoms with Crippen molar-refractivity contribution in [1.29, 1.82) is 0 Å². The number of benzene rings is 1. The van der Waals surface area contributed by atoms with Crippen molar-refractivity contribution in [2.24, 2.45) is 0 Å². The van der Waals surface area contributed by atoms with Gasteiger partial charge in [-0.1, -0.05) is 25.0 Å². The lowest BCUT2D eigenvalue weighted by molar-refractivity contribution is 0.0948. The van der Waals surface area contributed by atoms with Gasteiger partial charge in [0.1, 0.15) is 11.5 Å². The molecule has 0 saturated heterocycles. The van der Waals surface area contributed by atoms with E-state index in [0.717, 1.165) is 29.7 Å². The van der Waals surface area contributed by atoms with Gasteiger partial charge < -0.3 is 10.3 Å². The van der Waals surface area contributed by atoms with Gasteiger partial charge in [-0.05, 0) is 42.2 Å². The highest BCUT2D eigenvalue weighted by molar-refractivity contribution is 5.93. The number of halogens is 1. The van der Waals surface area contributed by atoms with Crippen LogP contribution >= 0.6 is 0 Å². The molecule has 150 valence electrons. The number of amides is 1. The second-order valence-electron chi connectivity index (χ2n) is 7.39. The molecule has 3 aromatic rings. The molecule has 7 heteroatoms. The lowest BCUT2D eigenvalue weighted by Crippen LogP contribution is -2.31. The first kappa shape index (κ1) is 19.1. The Hall–Kier alpha value is -3.22. The predicted molar refractivity (Wildman–Crippen MR) is 108 cm³/mol. The first-order chi connectivity index (χ1) is 14.1. The molecule has 1 saturated carbocycles. The average molecular weight is 394 g/mol. The number of rotatable bonds is 6. The minimum atomic E-state index is -0.303. The fourth-order valence-corrected chi connectivity index (χ4v) is 3.77. The monoisotopic (exact) mass is 394 g/mol. The third kappa shape index (κ3) is 4.45. The van der Waals surface area contributed by atoms with Crippen LogP contribution in [0.2, 0.25) is 0 Å². The second kappa shape index (κ2) is 8.43. The zero-order valence-corrected chi connectivity index (χ0v) is 16.0. The minimum absolute atomic E-state index is 0.0883. The Bertz CT molecular complexity index is 1050. The van der Waals surface area contributed by atoms with Crippen molar-refractivity contribution in [3.63, 3.8) is 0 Å². The number of carbonyl (C=O) groups is 1. The maximum Gasteiger partial charge on any atom is 0.267 e. The van der Waals surface area contributed by atoms with E-state index in [0.29, 0.717) is 24.7 Å². The smallest absolute Gasteiger partial charge is 0.267 e. The van der Waals surface area contributed by atoms with Crippen molar-refractivity contribution in [1.82, 2.24) is 19.9 Å². The Morgan fingerprint density at radius 2 is 1.93 bits per heavy atom. The molecule has 4 rings (SSSR count). The van der Waals surface area contributed by atoms with E-state index >= 15 is 0 Å². The predicted octanol–water partition coefficient (Wildman–Crippen LogP) is 3.47. The molecule has 1 aliphatic carbocycles. The molecule has 6 nitrogen and oxygen atoms in total. The van der Waals surface area contributed by atoms with Crippen molar-refractivity contribution >= 4 is 5.91 Å². The van der Waals surface area contributed by atoms with Crippen LogP contribution in [-0.4, -0.2) is 27.0 Å². The molecule has 2 N–H and O–H groups in total. The highest BCUT2D eigenvalue weighted by atomic mass is 19.1. The SMILES string of the molecule is O=C(NCCn1cnc(C2CCCC2)cc1=O)c1cc(-c2ccc(F)cc2)c[nH]1. The lowest BCUT2D eigenvalue weighted by atomic mass is 10.0. The molecule has 2 aromatic heterocycles. The van der Waals surface area contributed by atoms with Gasteiger partial charge in [-0.3, -0.25) is 14.2 Å². The molecule has 0 unspecified atom stereocenters. The first-order valence-corrected chi connectivity index (χ1v) is 9.89. The van der Waals surface area contributed by atoms with Crippen molar-refractivity contribution < 1.29 is 9.18 Å². The molecule has 0 radical (unpaired) electrons. The summed E-state index contributed by atoms with van der Waals surface area (Å²) < 4.78 is 14.6. The second-order valence-corrected chi connectivity index (χ2v) is 7.39. The van der Waals surface area contributed by atoms with E-state index in [1.54, 1.807) is 36.8 Å². The van der Waals surface area contributed by atoms with Crippen LogP contribution in [0.15, 0.2) is 53.7 Å². The molecule has 0 spiro atoms. The highest BCUT2D eigenvalue weighted by Crippen LogP contribution is 2.32. The quantitative estimate of drug-likeness (QED) is 0.672. The molecule has 1 aliphatic rings. The number of carbonyl (C=O) groups excluding carboxylic acids is 1. The number of H-pyrrole nitrogens is 1. The van der Waals surface area contributed by atoms with E-state index in [2.05, 4.69) is 15.3 Å². The lowest BCUT2D eigenvalue weighted by Gasteiger charge is -2.10. The molecular formula is C22H23FN4O2. The van der Waals surface area contributed by atoms with Crippen molar-refractivity contribution in [2.75, 3.05) is 6.54 Å². The van der Waals surface area contributed by atoms with Crippen LogP contribution in [-0.2, 0) is 6.54 Å². The van der Waals surface area contributed by atoms with Gasteiger partial charge in [-0.2, -0.15) is 0 Å². The van der Waals surface area contributed by atoms with Crippen LogP contribution in [0.4, 0.5) is 4.39 Å². The first-order valence-electron chi connectivity index (χ1n) is 9.89. The maximum absolute atomic E-state index is 13.0. The molecule has 0 bridgehead atoms. The van der Waals surface area contributed by atoms with Gasteiger partial charge >= 0.3 is 0 Å². The molecular weight excluding hydrogens is 371 g/mol. The normalized spacial score (nSPS) is 14.2. The van der Waals surface area contributed by atoms with Crippen molar-refractivity contribution in [3.05, 3.63) is 76.5 Å². The van der Waals surface area contributed by atoms with Crippen LogP contribution in [0.25, 0.3) is 11.1 Å². The topological polar surface area (TPSA) is 79.8 Å². The fourth-order valence-electron chi connectivity index (χ4n) is 3.77. The molecule has 0 aliphatic heterocycles. The van der Waals surface area contributed by atoms with E-state index in [1.807, 2.05) is 0 Å². The Morgan fingerprint density at radius 1 is 1.17 bits per heavy atom. The highest BCUT2D eigenvalue weighted by Gasteiger charge is 2.19. The summed E-state index contributed by atoms with van der Waals surface area (Å²) in [6.07, 6.45) is 7.87. The number of hydrogen-bond donors (Lipinski definition) is 2. The number of aromatic amines is 1. The number of nitrogens with one attached hydrogen (secondary N) is 2. The van der Waals surface area contributed by atoms with Crippen LogP contribution < -0.4 is 10.9 Å². The van der Waals surface area contributed by atoms with Gasteiger partial charge in [0.15, 0.2) is 0 Å². The van der Waals surface area contributed by atoms with Crippen molar-refractivity contribution in [2.45, 2.75) is 38.1 Å². The Balaban J connectivity index is 1.33. The van der Waals surface area contributed by atoms with Crippen LogP contribution in [0.1, 0.15) is 47.8 Å². The molecule has 1 fully saturated rings. The Labute approximate surface area is 167 Å². The molecule has 1 amide bonds. The van der Waals surface area contributed by atoms with Gasteiger partial charge in [-0.15, -0.1) is 0 Å². The summed E-state index contributed by atoms with van der Waals surface area (Å²) in [5, 5.41) is 2.80. The van der Waals surface area contributed by atoms with Gasteiger partial charge in [0, 0.05) is 31.3 Å². The fraction of sp³-hybridized carbons (Fsp3) is 0.318. The van der Waals surface area contributed by atoms with E-state index in [1.165, 1.54) is 29.5 Å². The molecule has 2 heterocycles. The number of aromatic nitrogens is 3. The zero-order chi connectivity index (χ0) is 20.2. The largest absolute Gasteiger partial charge is 0.357 e. The van der Waals surface area contributed by atoms with Crippen molar-refractivity contribution in [3.8, 4) is 11.1 Å². The summed E-state index contributed by atoms with van der Waals surface area (Å²) in [6, 6.07) is 9.42. The standard InChI is InChI=1S/C22H23FN4O2/c23-18-7-5-15(6-8-18)17-11-20(25-13-17)22(29)24-9-10-27-14-26-19(12-21(27)28)16-3-1-2-4-16/h5-8,11-14,16,25H,1-4,9-10H2,(H,24,29). The maximum atomic E-state index is 13.0. The Morgan fingerprint density at radius 3 is 2.66 bits per heavy atom. The molecule has 29 heavy (non-hydrogen) atoms. The van der Waals surface area contributed by atoms with E-state index in [-0.39, 0.29) is 17.3 Å². The van der Waals surface area contributed by atoms with E-state index < -0.39 is 0 Å². The van der Waals surface area contributed by atoms with Gasteiger partial charge in [-0.25, -0.2) is 9.37 Å². The third-order valence-corrected chi connectivity index (χ3v) is 5.42. The van der Waals surface area contributed by atoms with Gasteiger partial charge in [0.2, 0.25) is 0 Å². The van der Waals surface area contributed by atoms with Crippen LogP contribution in [0.3, 0.4) is 0 Å². The average Bonchev–Trinajstić information content (AvgIpc) is 3.42. The summed E-state index contributed by atoms with van der Waals surface area (Å²) in [4.78, 5) is 32.0.